The predicted octanol–water partition coefficient (Wildman–Crippen LogP) is 4.17. The van der Waals surface area contributed by atoms with Gasteiger partial charge >= 0.3 is 0 Å². The van der Waals surface area contributed by atoms with Gasteiger partial charge in [0.1, 0.15) is 0 Å². The minimum absolute atomic E-state index is 0.0531. The molecule has 0 unspecified atom stereocenters. The van der Waals surface area contributed by atoms with Gasteiger partial charge < -0.3 is 11.1 Å². The van der Waals surface area contributed by atoms with Crippen molar-refractivity contribution in [3.05, 3.63) is 112 Å². The summed E-state index contributed by atoms with van der Waals surface area (Å²) < 4.78 is 28.7. The van der Waals surface area contributed by atoms with Gasteiger partial charge in [-0.2, -0.15) is 0 Å². The van der Waals surface area contributed by atoms with Crippen LogP contribution in [-0.2, 0) is 14.8 Å². The topological polar surface area (TPSA) is 110 Å². The summed E-state index contributed by atoms with van der Waals surface area (Å²) >= 11 is 6.28. The maximum Gasteiger partial charge on any atom is 0.270 e. The number of primary amides is 1. The van der Waals surface area contributed by atoms with Gasteiger partial charge in [-0.3, -0.25) is 13.9 Å². The van der Waals surface area contributed by atoms with E-state index in [0.717, 1.165) is 4.31 Å². The highest BCUT2D eigenvalue weighted by Crippen LogP contribution is 2.44. The molecule has 0 bridgehead atoms. The van der Waals surface area contributed by atoms with Crippen molar-refractivity contribution in [3.63, 3.8) is 0 Å². The number of hydrogen-bond donors (Lipinski definition) is 2. The van der Waals surface area contributed by atoms with Crippen LogP contribution in [0.5, 0.6) is 0 Å². The predicted molar refractivity (Wildman–Crippen MR) is 134 cm³/mol. The Bertz CT molecular complexity index is 1450. The van der Waals surface area contributed by atoms with Crippen LogP contribution in [0.15, 0.2) is 90.4 Å². The molecule has 0 saturated carbocycles. The molecule has 0 aromatic heterocycles. The fraction of sp³-hybridized carbons (Fsp3) is 0.0400. The summed E-state index contributed by atoms with van der Waals surface area (Å²) in [4.78, 5) is 25.0. The number of nitrogens with one attached hydrogen (secondary N) is 1. The summed E-state index contributed by atoms with van der Waals surface area (Å²) in [5.74, 6) is -1.67. The Kier molecular flexibility index (Phi) is 6.28. The number of nitrogens with two attached hydrogens (primary N) is 1. The van der Waals surface area contributed by atoms with Crippen molar-refractivity contribution in [1.29, 1.82) is 0 Å². The van der Waals surface area contributed by atoms with E-state index in [1.54, 1.807) is 60.7 Å². The van der Waals surface area contributed by atoms with E-state index < -0.39 is 26.7 Å². The van der Waals surface area contributed by atoms with Crippen LogP contribution < -0.4 is 15.4 Å². The van der Waals surface area contributed by atoms with E-state index in [1.165, 1.54) is 18.2 Å². The van der Waals surface area contributed by atoms with Crippen molar-refractivity contribution in [2.45, 2.75) is 0 Å². The molecule has 2 amide bonds. The SMILES string of the molecule is C=CCN1c2ccc(Cl)cc2C(c2ccccc2)=C(C(=O)Nc2ccccc2C(N)=O)S1(=O)=O. The number of hydrogen-bond acceptors (Lipinski definition) is 4. The minimum Gasteiger partial charge on any atom is -0.366 e. The number of para-hydroxylation sites is 1. The standard InChI is InChI=1S/C25H20ClN3O4S/c1-2-14-29-21-13-12-17(26)15-19(21)22(16-8-4-3-5-9-16)23(34(29,32)33)25(31)28-20-11-7-6-10-18(20)24(27)30/h2-13,15H,1,14H2,(H2,27,30)(H,28,31). The van der Waals surface area contributed by atoms with Gasteiger partial charge in [0.15, 0.2) is 4.91 Å². The summed E-state index contributed by atoms with van der Waals surface area (Å²) in [5, 5.41) is 2.94. The third-order valence-electron chi connectivity index (χ3n) is 5.28. The Morgan fingerprint density at radius 2 is 1.71 bits per heavy atom. The zero-order valence-electron chi connectivity index (χ0n) is 17.9. The van der Waals surface area contributed by atoms with Crippen LogP contribution in [0.2, 0.25) is 5.02 Å². The largest absolute Gasteiger partial charge is 0.366 e. The van der Waals surface area contributed by atoms with Gasteiger partial charge in [-0.05, 0) is 35.9 Å². The van der Waals surface area contributed by atoms with E-state index in [9.17, 15) is 18.0 Å². The molecule has 172 valence electrons. The lowest BCUT2D eigenvalue weighted by Crippen LogP contribution is -2.40. The molecule has 34 heavy (non-hydrogen) atoms. The van der Waals surface area contributed by atoms with Gasteiger partial charge in [0, 0.05) is 16.2 Å². The highest BCUT2D eigenvalue weighted by atomic mass is 35.5. The highest BCUT2D eigenvalue weighted by Gasteiger charge is 2.41. The first-order chi connectivity index (χ1) is 16.3. The number of nitrogens with zero attached hydrogens (tertiary/aromatic N) is 1. The number of fused-ring (bicyclic) bond motifs is 1. The highest BCUT2D eigenvalue weighted by molar-refractivity contribution is 7.97. The molecule has 3 N–H and O–H groups in total. The molecule has 0 radical (unpaired) electrons. The second-order valence-corrected chi connectivity index (χ2v) is 9.66. The van der Waals surface area contributed by atoms with E-state index in [4.69, 9.17) is 17.3 Å². The molecule has 4 rings (SSSR count). The summed E-state index contributed by atoms with van der Waals surface area (Å²) in [5.41, 5.74) is 7.14. The number of amides is 2. The molecule has 7 nitrogen and oxygen atoms in total. The molecule has 1 aliphatic rings. The van der Waals surface area contributed by atoms with Crippen LogP contribution in [0.25, 0.3) is 5.57 Å². The normalized spacial score (nSPS) is 14.3. The molecule has 9 heteroatoms. The van der Waals surface area contributed by atoms with Crippen LogP contribution in [0.4, 0.5) is 11.4 Å². The van der Waals surface area contributed by atoms with E-state index in [1.807, 2.05) is 0 Å². The number of benzene rings is 3. The van der Waals surface area contributed by atoms with E-state index in [-0.39, 0.29) is 23.4 Å². The maximum atomic E-state index is 13.8. The molecule has 3 aromatic carbocycles. The quantitative estimate of drug-likeness (QED) is 0.502. The third-order valence-corrected chi connectivity index (χ3v) is 7.34. The summed E-state index contributed by atoms with van der Waals surface area (Å²) in [7, 11) is -4.33. The van der Waals surface area contributed by atoms with Crippen LogP contribution >= 0.6 is 11.6 Å². The van der Waals surface area contributed by atoms with E-state index in [2.05, 4.69) is 11.9 Å². The Hall–Kier alpha value is -3.88. The van der Waals surface area contributed by atoms with Gasteiger partial charge in [-0.1, -0.05) is 60.1 Å². The monoisotopic (exact) mass is 493 g/mol. The Morgan fingerprint density at radius 1 is 1.03 bits per heavy atom. The zero-order chi connectivity index (χ0) is 24.5. The van der Waals surface area contributed by atoms with Gasteiger partial charge in [-0.25, -0.2) is 8.42 Å². The maximum absolute atomic E-state index is 13.8. The Morgan fingerprint density at radius 3 is 2.38 bits per heavy atom. The van der Waals surface area contributed by atoms with Gasteiger partial charge in [0.2, 0.25) is 0 Å². The fourth-order valence-electron chi connectivity index (χ4n) is 3.84. The lowest BCUT2D eigenvalue weighted by Gasteiger charge is -2.33. The number of sulfonamides is 1. The fourth-order valence-corrected chi connectivity index (χ4v) is 5.72. The zero-order valence-corrected chi connectivity index (χ0v) is 19.4. The van der Waals surface area contributed by atoms with Crippen LogP contribution in [0.3, 0.4) is 0 Å². The van der Waals surface area contributed by atoms with Gasteiger partial charge in [0.25, 0.3) is 21.8 Å². The lowest BCUT2D eigenvalue weighted by atomic mass is 9.95. The summed E-state index contributed by atoms with van der Waals surface area (Å²) in [6.45, 7) is 3.59. The second kappa shape index (κ2) is 9.17. The van der Waals surface area contributed by atoms with E-state index >= 15 is 0 Å². The average molecular weight is 494 g/mol. The molecule has 0 spiro atoms. The molecule has 0 fully saturated rings. The molecule has 3 aromatic rings. The number of carbonyl (C=O) groups excluding carboxylic acids is 2. The molecular formula is C25H20ClN3O4S. The summed E-state index contributed by atoms with van der Waals surface area (Å²) in [6.07, 6.45) is 1.43. The van der Waals surface area contributed by atoms with E-state index in [0.29, 0.717) is 21.8 Å². The smallest absolute Gasteiger partial charge is 0.270 e. The lowest BCUT2D eigenvalue weighted by molar-refractivity contribution is -0.112. The van der Waals surface area contributed by atoms with Crippen molar-refractivity contribution in [2.75, 3.05) is 16.2 Å². The van der Waals surface area contributed by atoms with Crippen molar-refractivity contribution in [3.8, 4) is 0 Å². The van der Waals surface area contributed by atoms with Crippen molar-refractivity contribution in [2.24, 2.45) is 5.73 Å². The van der Waals surface area contributed by atoms with Crippen LogP contribution in [0.1, 0.15) is 21.5 Å². The Balaban J connectivity index is 2.01. The Labute approximate surface area is 202 Å². The van der Waals surface area contributed by atoms with Crippen molar-refractivity contribution >= 4 is 50.4 Å². The van der Waals surface area contributed by atoms with Gasteiger partial charge in [0.05, 0.1) is 23.5 Å². The number of halogens is 1. The molecule has 0 aliphatic carbocycles. The summed E-state index contributed by atoms with van der Waals surface area (Å²) in [6, 6.07) is 19.6. The van der Waals surface area contributed by atoms with Crippen LogP contribution in [-0.4, -0.2) is 26.8 Å². The average Bonchev–Trinajstić information content (AvgIpc) is 2.81. The first kappa shape index (κ1) is 23.3. The molecule has 1 heterocycles. The number of carbonyl (C=O) groups is 2. The van der Waals surface area contributed by atoms with Crippen molar-refractivity contribution < 1.29 is 18.0 Å². The van der Waals surface area contributed by atoms with Crippen molar-refractivity contribution in [1.82, 2.24) is 0 Å². The first-order valence-electron chi connectivity index (χ1n) is 10.2. The van der Waals surface area contributed by atoms with Crippen LogP contribution in [0, 0.1) is 0 Å². The van der Waals surface area contributed by atoms with Gasteiger partial charge in [-0.15, -0.1) is 6.58 Å². The molecule has 0 atom stereocenters. The number of anilines is 2. The third kappa shape index (κ3) is 4.09. The minimum atomic E-state index is -4.33. The second-order valence-electron chi connectivity index (χ2n) is 7.42. The molecule has 1 aliphatic heterocycles. The molecular weight excluding hydrogens is 474 g/mol. The first-order valence-corrected chi connectivity index (χ1v) is 12.0. The number of rotatable bonds is 6. The molecule has 0 saturated heterocycles.